The van der Waals surface area contributed by atoms with Crippen molar-refractivity contribution in [2.75, 3.05) is 12.1 Å². The monoisotopic (exact) mass is 362 g/mol. The number of anilines is 1. The van der Waals surface area contributed by atoms with E-state index in [1.807, 2.05) is 31.2 Å². The molecule has 1 aliphatic heterocycles. The highest BCUT2D eigenvalue weighted by atomic mass is 16.7. The van der Waals surface area contributed by atoms with Gasteiger partial charge in [-0.05, 0) is 36.8 Å². The van der Waals surface area contributed by atoms with Crippen molar-refractivity contribution >= 4 is 11.6 Å². The highest BCUT2D eigenvalue weighted by molar-refractivity contribution is 6.04. The third-order valence-electron chi connectivity index (χ3n) is 4.33. The number of aryl methyl sites for hydroxylation is 1. The second-order valence-electron chi connectivity index (χ2n) is 6.37. The van der Waals surface area contributed by atoms with E-state index in [1.54, 1.807) is 30.5 Å². The number of hydrogen-bond donors (Lipinski definition) is 1. The van der Waals surface area contributed by atoms with E-state index >= 15 is 0 Å². The number of fused-ring (bicyclic) bond motifs is 1. The van der Waals surface area contributed by atoms with E-state index in [9.17, 15) is 9.59 Å². The molecule has 3 aromatic rings. The van der Waals surface area contributed by atoms with E-state index < -0.39 is 5.91 Å². The smallest absolute Gasteiger partial charge is 0.263 e. The molecule has 2 heterocycles. The lowest BCUT2D eigenvalue weighted by Crippen LogP contribution is -2.29. The maximum Gasteiger partial charge on any atom is 0.263 e. The van der Waals surface area contributed by atoms with Gasteiger partial charge in [0.2, 0.25) is 6.79 Å². The minimum atomic E-state index is -0.461. The number of carbonyl (C=O) groups excluding carboxylic acids is 1. The number of ether oxygens (including phenoxy) is 2. The maximum atomic E-state index is 12.7. The van der Waals surface area contributed by atoms with Gasteiger partial charge in [0.05, 0.1) is 6.54 Å². The summed E-state index contributed by atoms with van der Waals surface area (Å²) in [6.45, 7) is 2.57. The average Bonchev–Trinajstić information content (AvgIpc) is 3.11. The number of aromatic nitrogens is 1. The Bertz CT molecular complexity index is 1070. The Balaban J connectivity index is 1.56. The molecule has 27 heavy (non-hydrogen) atoms. The fourth-order valence-electron chi connectivity index (χ4n) is 3.01. The molecule has 0 spiro atoms. The van der Waals surface area contributed by atoms with E-state index in [2.05, 4.69) is 5.32 Å². The SMILES string of the molecule is Cc1cccc(Cn2cccc(C(=O)Nc3ccc4c(c3)OCO4)c2=O)c1. The summed E-state index contributed by atoms with van der Waals surface area (Å²) in [5.74, 6) is 0.739. The number of nitrogens with one attached hydrogen (secondary N) is 1. The van der Waals surface area contributed by atoms with Crippen molar-refractivity contribution in [1.29, 1.82) is 0 Å². The van der Waals surface area contributed by atoms with Gasteiger partial charge in [-0.3, -0.25) is 9.59 Å². The van der Waals surface area contributed by atoms with Crippen LogP contribution in [0.3, 0.4) is 0 Å². The van der Waals surface area contributed by atoms with Crippen LogP contribution in [0.25, 0.3) is 0 Å². The van der Waals surface area contributed by atoms with Crippen LogP contribution in [0.4, 0.5) is 5.69 Å². The number of carbonyl (C=O) groups is 1. The molecule has 136 valence electrons. The van der Waals surface area contributed by atoms with Gasteiger partial charge in [0.15, 0.2) is 11.5 Å². The van der Waals surface area contributed by atoms with Crippen LogP contribution in [0, 0.1) is 6.92 Å². The number of benzene rings is 2. The molecule has 2 aromatic carbocycles. The van der Waals surface area contributed by atoms with Gasteiger partial charge in [-0.15, -0.1) is 0 Å². The molecule has 6 nitrogen and oxygen atoms in total. The lowest BCUT2D eigenvalue weighted by molar-refractivity contribution is 0.102. The van der Waals surface area contributed by atoms with Crippen LogP contribution in [0.1, 0.15) is 21.5 Å². The molecular formula is C21H18N2O4. The Labute approximate surface area is 156 Å². The number of hydrogen-bond acceptors (Lipinski definition) is 4. The van der Waals surface area contributed by atoms with Gasteiger partial charge >= 0.3 is 0 Å². The molecule has 0 radical (unpaired) electrons. The van der Waals surface area contributed by atoms with Crippen LogP contribution in [0.15, 0.2) is 65.6 Å². The van der Waals surface area contributed by atoms with Crippen molar-refractivity contribution in [2.24, 2.45) is 0 Å². The first kappa shape index (κ1) is 16.9. The molecule has 4 rings (SSSR count). The van der Waals surface area contributed by atoms with E-state index in [0.29, 0.717) is 23.7 Å². The van der Waals surface area contributed by atoms with Gasteiger partial charge in [0.25, 0.3) is 11.5 Å². The van der Waals surface area contributed by atoms with Gasteiger partial charge in [-0.1, -0.05) is 29.8 Å². The quantitative estimate of drug-likeness (QED) is 0.774. The van der Waals surface area contributed by atoms with Gasteiger partial charge in [0, 0.05) is 18.0 Å². The van der Waals surface area contributed by atoms with Crippen LogP contribution in [-0.2, 0) is 6.54 Å². The van der Waals surface area contributed by atoms with Gasteiger partial charge in [0.1, 0.15) is 5.56 Å². The zero-order valence-corrected chi connectivity index (χ0v) is 14.8. The van der Waals surface area contributed by atoms with Crippen LogP contribution in [0.5, 0.6) is 11.5 Å². The summed E-state index contributed by atoms with van der Waals surface area (Å²) in [4.78, 5) is 25.3. The maximum absolute atomic E-state index is 12.7. The van der Waals surface area contributed by atoms with E-state index in [0.717, 1.165) is 11.1 Å². The molecule has 0 saturated carbocycles. The lowest BCUT2D eigenvalue weighted by atomic mass is 10.1. The number of rotatable bonds is 4. The summed E-state index contributed by atoms with van der Waals surface area (Å²) in [5, 5.41) is 2.74. The topological polar surface area (TPSA) is 69.6 Å². The lowest BCUT2D eigenvalue weighted by Gasteiger charge is -2.10. The third kappa shape index (κ3) is 3.55. The predicted octanol–water partition coefficient (Wildman–Crippen LogP) is 3.19. The predicted molar refractivity (Wildman–Crippen MR) is 102 cm³/mol. The standard InChI is InChI=1S/C21H18N2O4/c1-14-4-2-5-15(10-14)12-23-9-3-6-17(21(23)25)20(24)22-16-7-8-18-19(11-16)27-13-26-18/h2-11H,12-13H2,1H3,(H,22,24). The fraction of sp³-hybridized carbons (Fsp3) is 0.143. The molecule has 6 heteroatoms. The molecule has 0 atom stereocenters. The Morgan fingerprint density at radius 1 is 1.07 bits per heavy atom. The Kier molecular flexibility index (Phi) is 4.38. The van der Waals surface area contributed by atoms with Crippen molar-refractivity contribution in [3.8, 4) is 11.5 Å². The normalized spacial score (nSPS) is 12.0. The summed E-state index contributed by atoms with van der Waals surface area (Å²) in [5.41, 5.74) is 2.42. The molecule has 0 bridgehead atoms. The zero-order chi connectivity index (χ0) is 18.8. The number of pyridine rings is 1. The molecule has 1 aliphatic rings. The van der Waals surface area contributed by atoms with Crippen LogP contribution in [-0.4, -0.2) is 17.3 Å². The molecule has 0 aliphatic carbocycles. The van der Waals surface area contributed by atoms with E-state index in [1.165, 1.54) is 10.6 Å². The van der Waals surface area contributed by atoms with Crippen LogP contribution < -0.4 is 20.3 Å². The second kappa shape index (κ2) is 6.99. The van der Waals surface area contributed by atoms with Crippen LogP contribution >= 0.6 is 0 Å². The molecule has 1 N–H and O–H groups in total. The molecule has 1 aromatic heterocycles. The number of amides is 1. The summed E-state index contributed by atoms with van der Waals surface area (Å²) in [6, 6.07) is 16.3. The average molecular weight is 362 g/mol. The molecule has 0 fully saturated rings. The van der Waals surface area contributed by atoms with Gasteiger partial charge in [-0.2, -0.15) is 0 Å². The highest BCUT2D eigenvalue weighted by Crippen LogP contribution is 2.34. The number of nitrogens with zero attached hydrogens (tertiary/aromatic N) is 1. The Hall–Kier alpha value is -3.54. The third-order valence-corrected chi connectivity index (χ3v) is 4.33. The molecule has 0 unspecified atom stereocenters. The van der Waals surface area contributed by atoms with Crippen molar-refractivity contribution in [3.63, 3.8) is 0 Å². The highest BCUT2D eigenvalue weighted by Gasteiger charge is 2.16. The first-order valence-electron chi connectivity index (χ1n) is 8.56. The summed E-state index contributed by atoms with van der Waals surface area (Å²) in [6.07, 6.45) is 1.68. The molecular weight excluding hydrogens is 344 g/mol. The summed E-state index contributed by atoms with van der Waals surface area (Å²) < 4.78 is 12.1. The van der Waals surface area contributed by atoms with Crippen molar-refractivity contribution in [1.82, 2.24) is 4.57 Å². The first-order valence-corrected chi connectivity index (χ1v) is 8.56. The second-order valence-corrected chi connectivity index (χ2v) is 6.37. The first-order chi connectivity index (χ1) is 13.1. The summed E-state index contributed by atoms with van der Waals surface area (Å²) >= 11 is 0. The largest absolute Gasteiger partial charge is 0.454 e. The fourth-order valence-corrected chi connectivity index (χ4v) is 3.01. The summed E-state index contributed by atoms with van der Waals surface area (Å²) in [7, 11) is 0. The van der Waals surface area contributed by atoms with Gasteiger partial charge in [-0.25, -0.2) is 0 Å². The minimum Gasteiger partial charge on any atom is -0.454 e. The molecule has 0 saturated heterocycles. The molecule has 1 amide bonds. The van der Waals surface area contributed by atoms with Gasteiger partial charge < -0.3 is 19.4 Å². The Morgan fingerprint density at radius 3 is 2.78 bits per heavy atom. The van der Waals surface area contributed by atoms with E-state index in [4.69, 9.17) is 9.47 Å². The van der Waals surface area contributed by atoms with Crippen molar-refractivity contribution < 1.29 is 14.3 Å². The minimum absolute atomic E-state index is 0.0859. The zero-order valence-electron chi connectivity index (χ0n) is 14.8. The van der Waals surface area contributed by atoms with Crippen molar-refractivity contribution in [2.45, 2.75) is 13.5 Å². The Morgan fingerprint density at radius 2 is 1.93 bits per heavy atom. The van der Waals surface area contributed by atoms with E-state index in [-0.39, 0.29) is 17.9 Å². The van der Waals surface area contributed by atoms with Crippen molar-refractivity contribution in [3.05, 3.63) is 87.8 Å². The van der Waals surface area contributed by atoms with Crippen LogP contribution in [0.2, 0.25) is 0 Å².